The van der Waals surface area contributed by atoms with Gasteiger partial charge in [0.25, 0.3) is 5.56 Å². The number of nitrogens with zero attached hydrogens (tertiary/aromatic N) is 1. The number of rotatable bonds is 2. The lowest BCUT2D eigenvalue weighted by Gasteiger charge is -2.21. The van der Waals surface area contributed by atoms with Gasteiger partial charge in [-0.05, 0) is 19.3 Å². The van der Waals surface area contributed by atoms with Crippen molar-refractivity contribution in [1.29, 1.82) is 0 Å². The number of aryl methyl sites for hydroxylation is 1. The van der Waals surface area contributed by atoms with E-state index in [0.717, 1.165) is 11.3 Å². The molecule has 1 aliphatic carbocycles. The summed E-state index contributed by atoms with van der Waals surface area (Å²) in [5, 5.41) is 0. The summed E-state index contributed by atoms with van der Waals surface area (Å²) in [4.78, 5) is 30.8. The van der Waals surface area contributed by atoms with Gasteiger partial charge < -0.3 is 10.7 Å². The van der Waals surface area contributed by atoms with Crippen LogP contribution in [0, 0.1) is 5.92 Å². The summed E-state index contributed by atoms with van der Waals surface area (Å²) in [5.74, 6) is -0.0259. The Morgan fingerprint density at radius 3 is 2.75 bits per heavy atom. The van der Waals surface area contributed by atoms with Crippen LogP contribution in [0.5, 0.6) is 0 Å². The monoisotopic (exact) mass is 269 g/mol. The molecule has 3 N–H and O–H groups in total. The fraction of sp³-hybridized carbons (Fsp3) is 0.267. The van der Waals surface area contributed by atoms with Gasteiger partial charge in [0.15, 0.2) is 0 Å². The van der Waals surface area contributed by atoms with Crippen LogP contribution >= 0.6 is 0 Å². The Labute approximate surface area is 115 Å². The zero-order valence-corrected chi connectivity index (χ0v) is 10.9. The van der Waals surface area contributed by atoms with Gasteiger partial charge in [-0.2, -0.15) is 0 Å². The number of aromatic amines is 1. The summed E-state index contributed by atoms with van der Waals surface area (Å²) in [6.07, 6.45) is 1.67. The van der Waals surface area contributed by atoms with Crippen LogP contribution in [0.4, 0.5) is 0 Å². The van der Waals surface area contributed by atoms with E-state index in [0.29, 0.717) is 30.7 Å². The first-order valence-corrected chi connectivity index (χ1v) is 6.62. The average Bonchev–Trinajstić information content (AvgIpc) is 2.47. The molecule has 0 saturated heterocycles. The lowest BCUT2D eigenvalue weighted by molar-refractivity contribution is -0.122. The van der Waals surface area contributed by atoms with E-state index in [-0.39, 0.29) is 17.4 Å². The molecule has 1 amide bonds. The van der Waals surface area contributed by atoms with Gasteiger partial charge in [0.1, 0.15) is 5.82 Å². The largest absolute Gasteiger partial charge is 0.369 e. The van der Waals surface area contributed by atoms with Gasteiger partial charge in [0.2, 0.25) is 5.91 Å². The molecule has 0 spiro atoms. The van der Waals surface area contributed by atoms with Crippen LogP contribution in [0.3, 0.4) is 0 Å². The normalized spacial score (nSPS) is 17.5. The van der Waals surface area contributed by atoms with E-state index in [1.165, 1.54) is 0 Å². The van der Waals surface area contributed by atoms with Gasteiger partial charge in [-0.3, -0.25) is 9.59 Å². The van der Waals surface area contributed by atoms with Gasteiger partial charge in [-0.15, -0.1) is 0 Å². The predicted molar refractivity (Wildman–Crippen MR) is 75.0 cm³/mol. The highest BCUT2D eigenvalue weighted by atomic mass is 16.1. The number of primary amides is 1. The second-order valence-electron chi connectivity index (χ2n) is 5.05. The molecule has 1 unspecified atom stereocenters. The SMILES string of the molecule is NC(=O)C1CCc2nc(-c3ccccc3)[nH]c(=O)c2C1. The van der Waals surface area contributed by atoms with Crippen molar-refractivity contribution in [2.24, 2.45) is 11.7 Å². The molecule has 1 aromatic carbocycles. The van der Waals surface area contributed by atoms with Crippen LogP contribution in [0.1, 0.15) is 17.7 Å². The molecule has 5 nitrogen and oxygen atoms in total. The van der Waals surface area contributed by atoms with E-state index in [4.69, 9.17) is 5.73 Å². The summed E-state index contributed by atoms with van der Waals surface area (Å²) >= 11 is 0. The molecule has 20 heavy (non-hydrogen) atoms. The quantitative estimate of drug-likeness (QED) is 0.853. The molecular weight excluding hydrogens is 254 g/mol. The number of benzene rings is 1. The van der Waals surface area contributed by atoms with Crippen LogP contribution < -0.4 is 11.3 Å². The van der Waals surface area contributed by atoms with Gasteiger partial charge in [-0.25, -0.2) is 4.98 Å². The maximum absolute atomic E-state index is 12.2. The maximum atomic E-state index is 12.2. The third-order valence-electron chi connectivity index (χ3n) is 3.73. The maximum Gasteiger partial charge on any atom is 0.254 e. The van der Waals surface area contributed by atoms with Crippen LogP contribution in [-0.4, -0.2) is 15.9 Å². The van der Waals surface area contributed by atoms with Crippen molar-refractivity contribution in [3.05, 3.63) is 51.9 Å². The first-order valence-electron chi connectivity index (χ1n) is 6.62. The molecule has 5 heteroatoms. The summed E-state index contributed by atoms with van der Waals surface area (Å²) in [5.41, 5.74) is 7.42. The number of nitrogens with one attached hydrogen (secondary N) is 1. The van der Waals surface area contributed by atoms with E-state index in [1.807, 2.05) is 30.3 Å². The highest BCUT2D eigenvalue weighted by molar-refractivity contribution is 5.77. The molecule has 1 aliphatic rings. The Balaban J connectivity index is 2.03. The molecule has 2 aromatic rings. The molecule has 102 valence electrons. The van der Waals surface area contributed by atoms with Crippen molar-refractivity contribution in [2.45, 2.75) is 19.3 Å². The zero-order valence-electron chi connectivity index (χ0n) is 10.9. The van der Waals surface area contributed by atoms with Crippen molar-refractivity contribution >= 4 is 5.91 Å². The Morgan fingerprint density at radius 1 is 1.30 bits per heavy atom. The molecule has 3 rings (SSSR count). The molecule has 0 aliphatic heterocycles. The number of aromatic nitrogens is 2. The van der Waals surface area contributed by atoms with Gasteiger partial charge in [0, 0.05) is 17.0 Å². The number of fused-ring (bicyclic) bond motifs is 1. The number of amides is 1. The van der Waals surface area contributed by atoms with E-state index in [2.05, 4.69) is 9.97 Å². The molecule has 0 radical (unpaired) electrons. The third kappa shape index (κ3) is 2.22. The van der Waals surface area contributed by atoms with Crippen molar-refractivity contribution in [1.82, 2.24) is 9.97 Å². The summed E-state index contributed by atoms with van der Waals surface area (Å²) in [7, 11) is 0. The molecule has 1 aromatic heterocycles. The lowest BCUT2D eigenvalue weighted by atomic mass is 9.86. The second-order valence-corrected chi connectivity index (χ2v) is 5.05. The topological polar surface area (TPSA) is 88.8 Å². The molecule has 0 bridgehead atoms. The number of nitrogens with two attached hydrogens (primary N) is 1. The standard InChI is InChI=1S/C15H15N3O2/c16-13(19)10-6-7-12-11(8-10)15(20)18-14(17-12)9-4-2-1-3-5-9/h1-5,10H,6-8H2,(H2,16,19)(H,17,18,20). The smallest absolute Gasteiger partial charge is 0.254 e. The zero-order chi connectivity index (χ0) is 14.1. The van der Waals surface area contributed by atoms with E-state index in [1.54, 1.807) is 0 Å². The van der Waals surface area contributed by atoms with Crippen molar-refractivity contribution in [2.75, 3.05) is 0 Å². The summed E-state index contributed by atoms with van der Waals surface area (Å²) in [6.45, 7) is 0. The first kappa shape index (κ1) is 12.6. The third-order valence-corrected chi connectivity index (χ3v) is 3.73. The number of hydrogen-bond acceptors (Lipinski definition) is 3. The Kier molecular flexibility index (Phi) is 3.10. The second kappa shape index (κ2) is 4.92. The number of carbonyl (C=O) groups is 1. The fourth-order valence-corrected chi connectivity index (χ4v) is 2.60. The van der Waals surface area contributed by atoms with E-state index in [9.17, 15) is 9.59 Å². The number of hydrogen-bond donors (Lipinski definition) is 2. The fourth-order valence-electron chi connectivity index (χ4n) is 2.60. The molecule has 1 heterocycles. The van der Waals surface area contributed by atoms with Gasteiger partial charge in [0.05, 0.1) is 5.69 Å². The molecule has 0 fully saturated rings. The first-order chi connectivity index (χ1) is 9.65. The van der Waals surface area contributed by atoms with Crippen LogP contribution in [0.15, 0.2) is 35.1 Å². The average molecular weight is 269 g/mol. The predicted octanol–water partition coefficient (Wildman–Crippen LogP) is 1.03. The van der Waals surface area contributed by atoms with Gasteiger partial charge in [-0.1, -0.05) is 30.3 Å². The van der Waals surface area contributed by atoms with Crippen LogP contribution in [0.2, 0.25) is 0 Å². The Morgan fingerprint density at radius 2 is 2.05 bits per heavy atom. The minimum atomic E-state index is -0.345. The Hall–Kier alpha value is -2.43. The highest BCUT2D eigenvalue weighted by Crippen LogP contribution is 2.23. The lowest BCUT2D eigenvalue weighted by Crippen LogP contribution is -2.33. The highest BCUT2D eigenvalue weighted by Gasteiger charge is 2.26. The van der Waals surface area contributed by atoms with Crippen molar-refractivity contribution in [3.63, 3.8) is 0 Å². The van der Waals surface area contributed by atoms with E-state index < -0.39 is 0 Å². The van der Waals surface area contributed by atoms with Crippen molar-refractivity contribution in [3.8, 4) is 11.4 Å². The van der Waals surface area contributed by atoms with Crippen LogP contribution in [0.25, 0.3) is 11.4 Å². The number of carbonyl (C=O) groups excluding carboxylic acids is 1. The van der Waals surface area contributed by atoms with Gasteiger partial charge >= 0.3 is 0 Å². The minimum absolute atomic E-state index is 0.167. The number of H-pyrrole nitrogens is 1. The molecule has 0 saturated carbocycles. The molecular formula is C15H15N3O2. The minimum Gasteiger partial charge on any atom is -0.369 e. The summed E-state index contributed by atoms with van der Waals surface area (Å²) < 4.78 is 0. The molecule has 1 atom stereocenters. The Bertz CT molecular complexity index is 707. The summed E-state index contributed by atoms with van der Waals surface area (Å²) in [6, 6.07) is 9.52. The van der Waals surface area contributed by atoms with Crippen LogP contribution in [-0.2, 0) is 17.6 Å². The van der Waals surface area contributed by atoms with Crippen molar-refractivity contribution < 1.29 is 4.79 Å². The van der Waals surface area contributed by atoms with E-state index >= 15 is 0 Å².